The van der Waals surface area contributed by atoms with Gasteiger partial charge >= 0.3 is 0 Å². The molecular formula is C19H30O. The Morgan fingerprint density at radius 1 is 1.15 bits per heavy atom. The summed E-state index contributed by atoms with van der Waals surface area (Å²) < 4.78 is 0. The van der Waals surface area contributed by atoms with E-state index < -0.39 is 0 Å². The van der Waals surface area contributed by atoms with Gasteiger partial charge in [-0.3, -0.25) is 4.79 Å². The second-order valence-corrected chi connectivity index (χ2v) is 6.60. The Balaban J connectivity index is 3.02. The average Bonchev–Trinajstić information content (AvgIpc) is 2.69. The van der Waals surface area contributed by atoms with E-state index >= 15 is 0 Å². The Bertz CT molecular complexity index is 395. The summed E-state index contributed by atoms with van der Waals surface area (Å²) in [5.74, 6) is 0.731. The molecule has 1 nitrogen and oxygen atoms in total. The van der Waals surface area contributed by atoms with Crippen LogP contribution in [0, 0.1) is 11.3 Å². The Hall–Kier alpha value is -1.11. The molecule has 0 aliphatic heterocycles. The zero-order chi connectivity index (χ0) is 15.2. The molecule has 1 atom stereocenters. The zero-order valence-electron chi connectivity index (χ0n) is 13.8. The Labute approximate surface area is 124 Å². The number of ketones is 1. The molecule has 1 aliphatic rings. The van der Waals surface area contributed by atoms with Gasteiger partial charge in [-0.25, -0.2) is 0 Å². The summed E-state index contributed by atoms with van der Waals surface area (Å²) >= 11 is 0. The summed E-state index contributed by atoms with van der Waals surface area (Å²) in [6.45, 7) is 10.7. The van der Waals surface area contributed by atoms with E-state index in [2.05, 4.69) is 52.8 Å². The van der Waals surface area contributed by atoms with Crippen LogP contribution in [0.25, 0.3) is 0 Å². The molecule has 1 rings (SSSR count). The van der Waals surface area contributed by atoms with Crippen LogP contribution in [0.15, 0.2) is 35.5 Å². The molecule has 112 valence electrons. The van der Waals surface area contributed by atoms with Crippen LogP contribution in [-0.4, -0.2) is 5.78 Å². The number of allylic oxidation sites excluding steroid dienone is 6. The quantitative estimate of drug-likeness (QED) is 0.550. The van der Waals surface area contributed by atoms with Crippen LogP contribution in [-0.2, 0) is 4.79 Å². The SMILES string of the molecule is CCCC[C@H]1C=CC(=O)C1(CC=C(C)C)CC=C(C)C. The van der Waals surface area contributed by atoms with Crippen molar-refractivity contribution in [2.75, 3.05) is 0 Å². The first-order valence-corrected chi connectivity index (χ1v) is 7.91. The van der Waals surface area contributed by atoms with Crippen LogP contribution >= 0.6 is 0 Å². The summed E-state index contributed by atoms with van der Waals surface area (Å²) in [5, 5.41) is 0. The lowest BCUT2D eigenvalue weighted by Gasteiger charge is -2.33. The lowest BCUT2D eigenvalue weighted by Crippen LogP contribution is -2.32. The summed E-state index contributed by atoms with van der Waals surface area (Å²) in [4.78, 5) is 12.5. The van der Waals surface area contributed by atoms with Crippen molar-refractivity contribution >= 4 is 5.78 Å². The average molecular weight is 274 g/mol. The van der Waals surface area contributed by atoms with Gasteiger partial charge in [-0.1, -0.05) is 49.1 Å². The molecule has 0 unspecified atom stereocenters. The Morgan fingerprint density at radius 3 is 2.15 bits per heavy atom. The van der Waals surface area contributed by atoms with E-state index in [0.29, 0.717) is 11.7 Å². The lowest BCUT2D eigenvalue weighted by molar-refractivity contribution is -0.124. The monoisotopic (exact) mass is 274 g/mol. The molecule has 1 heteroatoms. The number of unbranched alkanes of at least 4 members (excludes halogenated alkanes) is 1. The van der Waals surface area contributed by atoms with Gasteiger partial charge < -0.3 is 0 Å². The third-order valence-electron chi connectivity index (χ3n) is 4.30. The first kappa shape index (κ1) is 16.9. The van der Waals surface area contributed by atoms with E-state index in [0.717, 1.165) is 19.3 Å². The Morgan fingerprint density at radius 2 is 1.70 bits per heavy atom. The molecule has 0 spiro atoms. The predicted octanol–water partition coefficient (Wildman–Crippen LogP) is 5.63. The zero-order valence-corrected chi connectivity index (χ0v) is 13.8. The maximum absolute atomic E-state index is 12.5. The van der Waals surface area contributed by atoms with Crippen LogP contribution in [0.3, 0.4) is 0 Å². The van der Waals surface area contributed by atoms with Gasteiger partial charge in [-0.15, -0.1) is 0 Å². The lowest BCUT2D eigenvalue weighted by atomic mass is 9.69. The predicted molar refractivity (Wildman–Crippen MR) is 87.7 cm³/mol. The molecule has 0 radical (unpaired) electrons. The topological polar surface area (TPSA) is 17.1 Å². The molecule has 0 heterocycles. The summed E-state index contributed by atoms with van der Waals surface area (Å²) in [5.41, 5.74) is 2.38. The van der Waals surface area contributed by atoms with Crippen LogP contribution in [0.5, 0.6) is 0 Å². The third kappa shape index (κ3) is 4.19. The van der Waals surface area contributed by atoms with Crippen LogP contribution in [0.1, 0.15) is 66.7 Å². The molecule has 0 aromatic heterocycles. The number of hydrogen-bond acceptors (Lipinski definition) is 1. The maximum atomic E-state index is 12.5. The molecule has 0 saturated carbocycles. The van der Waals surface area contributed by atoms with Crippen molar-refractivity contribution in [1.82, 2.24) is 0 Å². The largest absolute Gasteiger partial charge is 0.294 e. The minimum atomic E-state index is -0.219. The van der Waals surface area contributed by atoms with Crippen molar-refractivity contribution in [3.05, 3.63) is 35.5 Å². The van der Waals surface area contributed by atoms with Crippen LogP contribution in [0.4, 0.5) is 0 Å². The second kappa shape index (κ2) is 7.61. The van der Waals surface area contributed by atoms with Gasteiger partial charge in [-0.05, 0) is 59.0 Å². The van der Waals surface area contributed by atoms with Gasteiger partial charge in [0.25, 0.3) is 0 Å². The molecule has 0 amide bonds. The van der Waals surface area contributed by atoms with E-state index in [9.17, 15) is 4.79 Å². The maximum Gasteiger partial charge on any atom is 0.162 e. The standard InChI is InChI=1S/C19H30O/c1-6-7-8-17-9-10-18(20)19(17,13-11-15(2)3)14-12-16(4)5/h9-12,17H,6-8,13-14H2,1-5H3/t17-/m0/s1. The van der Waals surface area contributed by atoms with Crippen molar-refractivity contribution in [2.24, 2.45) is 11.3 Å². The van der Waals surface area contributed by atoms with Crippen molar-refractivity contribution in [3.8, 4) is 0 Å². The first-order valence-electron chi connectivity index (χ1n) is 7.91. The highest BCUT2D eigenvalue weighted by Crippen LogP contribution is 2.45. The fourth-order valence-corrected chi connectivity index (χ4v) is 2.89. The van der Waals surface area contributed by atoms with E-state index in [1.165, 1.54) is 24.0 Å². The number of hydrogen-bond donors (Lipinski definition) is 0. The molecule has 0 aromatic carbocycles. The number of rotatable bonds is 7. The molecule has 1 aliphatic carbocycles. The molecule has 0 N–H and O–H groups in total. The van der Waals surface area contributed by atoms with E-state index in [1.807, 2.05) is 6.08 Å². The van der Waals surface area contributed by atoms with Crippen molar-refractivity contribution in [1.29, 1.82) is 0 Å². The van der Waals surface area contributed by atoms with Gasteiger partial charge in [-0.2, -0.15) is 0 Å². The minimum Gasteiger partial charge on any atom is -0.294 e. The van der Waals surface area contributed by atoms with Gasteiger partial charge in [0.15, 0.2) is 5.78 Å². The second-order valence-electron chi connectivity index (χ2n) is 6.60. The summed E-state index contributed by atoms with van der Waals surface area (Å²) in [6, 6.07) is 0. The van der Waals surface area contributed by atoms with Crippen molar-refractivity contribution in [3.63, 3.8) is 0 Å². The molecule has 0 bridgehead atoms. The van der Waals surface area contributed by atoms with Crippen LogP contribution < -0.4 is 0 Å². The number of carbonyl (C=O) groups is 1. The van der Waals surface area contributed by atoms with Gasteiger partial charge in [0, 0.05) is 5.41 Å². The van der Waals surface area contributed by atoms with Crippen molar-refractivity contribution in [2.45, 2.75) is 66.7 Å². The fourth-order valence-electron chi connectivity index (χ4n) is 2.89. The third-order valence-corrected chi connectivity index (χ3v) is 4.30. The van der Waals surface area contributed by atoms with Gasteiger partial charge in [0.1, 0.15) is 0 Å². The highest BCUT2D eigenvalue weighted by molar-refractivity contribution is 5.98. The smallest absolute Gasteiger partial charge is 0.162 e. The minimum absolute atomic E-state index is 0.219. The normalized spacial score (nSPS) is 20.1. The molecule has 0 fully saturated rings. The van der Waals surface area contributed by atoms with Crippen LogP contribution in [0.2, 0.25) is 0 Å². The number of carbonyl (C=O) groups excluding carboxylic acids is 1. The highest BCUT2D eigenvalue weighted by atomic mass is 16.1. The highest BCUT2D eigenvalue weighted by Gasteiger charge is 2.44. The molecule has 20 heavy (non-hydrogen) atoms. The summed E-state index contributed by atoms with van der Waals surface area (Å²) in [6.07, 6.45) is 13.7. The molecule has 0 aromatic rings. The molecular weight excluding hydrogens is 244 g/mol. The van der Waals surface area contributed by atoms with Crippen molar-refractivity contribution < 1.29 is 4.79 Å². The Kier molecular flexibility index (Phi) is 6.45. The van der Waals surface area contributed by atoms with Gasteiger partial charge in [0.05, 0.1) is 0 Å². The van der Waals surface area contributed by atoms with E-state index in [1.54, 1.807) is 0 Å². The summed E-state index contributed by atoms with van der Waals surface area (Å²) in [7, 11) is 0. The van der Waals surface area contributed by atoms with Gasteiger partial charge in [0.2, 0.25) is 0 Å². The van der Waals surface area contributed by atoms with E-state index in [-0.39, 0.29) is 5.41 Å². The fraction of sp³-hybridized carbons (Fsp3) is 0.632. The molecule has 0 saturated heterocycles. The first-order chi connectivity index (χ1) is 9.42. The van der Waals surface area contributed by atoms with E-state index in [4.69, 9.17) is 0 Å².